The first kappa shape index (κ1) is 9.08. The molecule has 2 rings (SSSR count). The Morgan fingerprint density at radius 1 is 1.50 bits per heavy atom. The lowest BCUT2D eigenvalue weighted by atomic mass is 10.4. The molecule has 5 heteroatoms. The highest BCUT2D eigenvalue weighted by molar-refractivity contribution is 7.09. The van der Waals surface area contributed by atoms with E-state index < -0.39 is 0 Å². The average molecular weight is 207 g/mol. The topological polar surface area (TPSA) is 47.8 Å². The summed E-state index contributed by atoms with van der Waals surface area (Å²) in [4.78, 5) is 19.9. The number of aryl methyl sites for hydroxylation is 2. The monoisotopic (exact) mass is 207 g/mol. The van der Waals surface area contributed by atoms with Gasteiger partial charge in [-0.15, -0.1) is 11.3 Å². The molecule has 72 valence electrons. The Kier molecular flexibility index (Phi) is 2.17. The maximum absolute atomic E-state index is 11.8. The first-order valence-corrected chi connectivity index (χ1v) is 5.03. The van der Waals surface area contributed by atoms with Crippen LogP contribution < -0.4 is 0 Å². The van der Waals surface area contributed by atoms with Crippen molar-refractivity contribution in [1.29, 1.82) is 0 Å². The molecule has 0 bridgehead atoms. The van der Waals surface area contributed by atoms with Crippen LogP contribution >= 0.6 is 11.3 Å². The van der Waals surface area contributed by atoms with Gasteiger partial charge in [-0.2, -0.15) is 0 Å². The van der Waals surface area contributed by atoms with Crippen molar-refractivity contribution in [2.24, 2.45) is 0 Å². The number of carbonyl (C=O) groups is 1. The summed E-state index contributed by atoms with van der Waals surface area (Å²) in [5, 5.41) is 2.66. The molecule has 0 radical (unpaired) electrons. The molecule has 0 unspecified atom stereocenters. The van der Waals surface area contributed by atoms with Gasteiger partial charge in [0.05, 0.1) is 5.01 Å². The van der Waals surface area contributed by atoms with Gasteiger partial charge < -0.3 is 0 Å². The molecular weight excluding hydrogens is 198 g/mol. The number of hydrogen-bond donors (Lipinski definition) is 0. The van der Waals surface area contributed by atoms with Crippen LogP contribution in [0.25, 0.3) is 0 Å². The number of nitrogens with zero attached hydrogens (tertiary/aromatic N) is 3. The van der Waals surface area contributed by atoms with Gasteiger partial charge in [-0.1, -0.05) is 0 Å². The van der Waals surface area contributed by atoms with Crippen molar-refractivity contribution in [2.45, 2.75) is 13.8 Å². The van der Waals surface area contributed by atoms with Gasteiger partial charge in [0.1, 0.15) is 11.5 Å². The highest BCUT2D eigenvalue weighted by Crippen LogP contribution is 2.10. The fourth-order valence-electron chi connectivity index (χ4n) is 1.18. The molecule has 0 fully saturated rings. The molecule has 0 N–H and O–H groups in total. The molecule has 2 heterocycles. The van der Waals surface area contributed by atoms with Crippen molar-refractivity contribution in [1.82, 2.24) is 14.5 Å². The second kappa shape index (κ2) is 3.34. The molecule has 2 aromatic rings. The second-order valence-corrected chi connectivity index (χ2v) is 3.96. The fourth-order valence-corrected chi connectivity index (χ4v) is 1.76. The summed E-state index contributed by atoms with van der Waals surface area (Å²) in [6, 6.07) is 0. The lowest BCUT2D eigenvalue weighted by Crippen LogP contribution is -2.12. The van der Waals surface area contributed by atoms with Crippen LogP contribution in [0.1, 0.15) is 21.3 Å². The number of carbonyl (C=O) groups excluding carboxylic acids is 1. The van der Waals surface area contributed by atoms with Gasteiger partial charge in [-0.05, 0) is 13.8 Å². The zero-order valence-electron chi connectivity index (χ0n) is 7.89. The van der Waals surface area contributed by atoms with Gasteiger partial charge in [-0.3, -0.25) is 9.36 Å². The minimum Gasteiger partial charge on any atom is -0.268 e. The minimum absolute atomic E-state index is 0.121. The second-order valence-electron chi connectivity index (χ2n) is 2.90. The molecule has 4 nitrogen and oxygen atoms in total. The largest absolute Gasteiger partial charge is 0.282 e. The Bertz CT molecular complexity index is 472. The zero-order valence-corrected chi connectivity index (χ0v) is 8.71. The number of hydrogen-bond acceptors (Lipinski definition) is 4. The molecule has 14 heavy (non-hydrogen) atoms. The van der Waals surface area contributed by atoms with Gasteiger partial charge in [-0.25, -0.2) is 9.97 Å². The van der Waals surface area contributed by atoms with E-state index in [1.54, 1.807) is 24.7 Å². The van der Waals surface area contributed by atoms with E-state index >= 15 is 0 Å². The highest BCUT2D eigenvalue weighted by Gasteiger charge is 2.12. The Balaban J connectivity index is 2.38. The van der Waals surface area contributed by atoms with Crippen LogP contribution in [0.5, 0.6) is 0 Å². The predicted molar refractivity (Wildman–Crippen MR) is 53.5 cm³/mol. The van der Waals surface area contributed by atoms with Crippen LogP contribution in [-0.4, -0.2) is 20.4 Å². The molecule has 2 aromatic heterocycles. The molecule has 0 aliphatic rings. The van der Waals surface area contributed by atoms with Crippen LogP contribution in [0, 0.1) is 13.8 Å². The minimum atomic E-state index is -0.121. The third-order valence-electron chi connectivity index (χ3n) is 1.88. The van der Waals surface area contributed by atoms with E-state index in [-0.39, 0.29) is 5.91 Å². The van der Waals surface area contributed by atoms with E-state index in [2.05, 4.69) is 9.97 Å². The number of aromatic nitrogens is 3. The number of thiazole rings is 1. The normalized spacial score (nSPS) is 10.4. The molecule has 0 spiro atoms. The summed E-state index contributed by atoms with van der Waals surface area (Å²) in [5.41, 5.74) is 0.480. The standard InChI is InChI=1S/C9H9N3OS/c1-6-10-3-4-12(6)9(13)8-5-14-7(2)11-8/h3-5H,1-2H3. The van der Waals surface area contributed by atoms with Gasteiger partial charge in [0, 0.05) is 17.8 Å². The maximum Gasteiger partial charge on any atom is 0.282 e. The summed E-state index contributed by atoms with van der Waals surface area (Å²) < 4.78 is 1.49. The molecule has 0 aliphatic heterocycles. The first-order chi connectivity index (χ1) is 6.68. The average Bonchev–Trinajstić information content (AvgIpc) is 2.73. The molecule has 0 saturated heterocycles. The Labute approximate surface area is 85.2 Å². The SMILES string of the molecule is Cc1nc(C(=O)n2ccnc2C)cs1. The summed E-state index contributed by atoms with van der Waals surface area (Å²) in [6.07, 6.45) is 3.25. The van der Waals surface area contributed by atoms with Crippen molar-refractivity contribution >= 4 is 17.2 Å². The first-order valence-electron chi connectivity index (χ1n) is 4.15. The van der Waals surface area contributed by atoms with E-state index in [9.17, 15) is 4.79 Å². The summed E-state index contributed by atoms with van der Waals surface area (Å²) in [5.74, 6) is 0.560. The van der Waals surface area contributed by atoms with E-state index in [0.29, 0.717) is 11.5 Å². The molecule has 0 saturated carbocycles. The highest BCUT2D eigenvalue weighted by atomic mass is 32.1. The lowest BCUT2D eigenvalue weighted by Gasteiger charge is -1.99. The van der Waals surface area contributed by atoms with Gasteiger partial charge in [0.15, 0.2) is 0 Å². The van der Waals surface area contributed by atoms with Crippen molar-refractivity contribution in [2.75, 3.05) is 0 Å². The van der Waals surface area contributed by atoms with E-state index in [0.717, 1.165) is 5.01 Å². The fraction of sp³-hybridized carbons (Fsp3) is 0.222. The van der Waals surface area contributed by atoms with Gasteiger partial charge in [0.25, 0.3) is 5.91 Å². The maximum atomic E-state index is 11.8. The van der Waals surface area contributed by atoms with Crippen molar-refractivity contribution in [3.05, 3.63) is 34.3 Å². The summed E-state index contributed by atoms with van der Waals surface area (Å²) >= 11 is 1.47. The molecule has 0 amide bonds. The third-order valence-corrected chi connectivity index (χ3v) is 2.66. The van der Waals surface area contributed by atoms with Crippen LogP contribution in [0.15, 0.2) is 17.8 Å². The van der Waals surface area contributed by atoms with Gasteiger partial charge in [0.2, 0.25) is 0 Å². The molecule has 0 aliphatic carbocycles. The van der Waals surface area contributed by atoms with Crippen molar-refractivity contribution in [3.63, 3.8) is 0 Å². The summed E-state index contributed by atoms with van der Waals surface area (Å²) in [6.45, 7) is 3.67. The predicted octanol–water partition coefficient (Wildman–Crippen LogP) is 1.64. The smallest absolute Gasteiger partial charge is 0.268 e. The van der Waals surface area contributed by atoms with Gasteiger partial charge >= 0.3 is 0 Å². The zero-order chi connectivity index (χ0) is 10.1. The van der Waals surface area contributed by atoms with Crippen LogP contribution in [0.2, 0.25) is 0 Å². The van der Waals surface area contributed by atoms with Crippen molar-refractivity contribution < 1.29 is 4.79 Å². The Morgan fingerprint density at radius 2 is 2.29 bits per heavy atom. The molecule has 0 aromatic carbocycles. The molecular formula is C9H9N3OS. The lowest BCUT2D eigenvalue weighted by molar-refractivity contribution is 0.0953. The number of imidazole rings is 1. The van der Waals surface area contributed by atoms with E-state index in [1.165, 1.54) is 15.9 Å². The van der Waals surface area contributed by atoms with Crippen LogP contribution in [-0.2, 0) is 0 Å². The summed E-state index contributed by atoms with van der Waals surface area (Å²) in [7, 11) is 0. The van der Waals surface area contributed by atoms with Crippen LogP contribution in [0.4, 0.5) is 0 Å². The molecule has 0 atom stereocenters. The quantitative estimate of drug-likeness (QED) is 0.714. The van der Waals surface area contributed by atoms with E-state index in [1.807, 2.05) is 6.92 Å². The number of rotatable bonds is 1. The van der Waals surface area contributed by atoms with Crippen molar-refractivity contribution in [3.8, 4) is 0 Å². The Morgan fingerprint density at radius 3 is 2.79 bits per heavy atom. The van der Waals surface area contributed by atoms with Crippen LogP contribution in [0.3, 0.4) is 0 Å². The van der Waals surface area contributed by atoms with E-state index in [4.69, 9.17) is 0 Å². The third kappa shape index (κ3) is 1.46. The Hall–Kier alpha value is -1.49.